The molecule has 2 atom stereocenters. The van der Waals surface area contributed by atoms with Gasteiger partial charge in [-0.15, -0.1) is 35.3 Å². The van der Waals surface area contributed by atoms with E-state index in [0.29, 0.717) is 23.9 Å². The van der Waals surface area contributed by atoms with E-state index in [1.807, 2.05) is 0 Å². The Morgan fingerprint density at radius 2 is 2.18 bits per heavy atom. The molecule has 3 rings (SSSR count). The van der Waals surface area contributed by atoms with Crippen molar-refractivity contribution in [2.24, 2.45) is 4.99 Å². The highest BCUT2D eigenvalue weighted by Gasteiger charge is 2.32. The van der Waals surface area contributed by atoms with Gasteiger partial charge in [-0.2, -0.15) is 4.31 Å². The largest absolute Gasteiger partial charge is 0.375 e. The molecule has 0 bridgehead atoms. The van der Waals surface area contributed by atoms with E-state index < -0.39 is 10.0 Å². The van der Waals surface area contributed by atoms with Gasteiger partial charge >= 0.3 is 0 Å². The summed E-state index contributed by atoms with van der Waals surface area (Å²) in [6.07, 6.45) is 2.34. The molecule has 8 nitrogen and oxygen atoms in total. The first kappa shape index (κ1) is 23.8. The van der Waals surface area contributed by atoms with E-state index in [2.05, 4.69) is 15.2 Å². The second-order valence-electron chi connectivity index (χ2n) is 6.64. The zero-order chi connectivity index (χ0) is 19.3. The number of aliphatic imine (C=N–C) groups is 1. The van der Waals surface area contributed by atoms with Gasteiger partial charge in [-0.1, -0.05) is 6.07 Å². The normalized spacial score (nSPS) is 23.7. The number of halogens is 1. The molecule has 160 valence electrons. The second kappa shape index (κ2) is 11.1. The van der Waals surface area contributed by atoms with Gasteiger partial charge in [0.1, 0.15) is 10.3 Å². The third kappa shape index (κ3) is 5.79. The molecule has 2 aliphatic rings. The predicted molar refractivity (Wildman–Crippen MR) is 121 cm³/mol. The highest BCUT2D eigenvalue weighted by Crippen LogP contribution is 2.21. The number of hydrogen-bond donors (Lipinski definition) is 1. The first-order valence-corrected chi connectivity index (χ1v) is 11.5. The van der Waals surface area contributed by atoms with Gasteiger partial charge in [-0.05, 0) is 24.3 Å². The van der Waals surface area contributed by atoms with Crippen molar-refractivity contribution >= 4 is 51.3 Å². The van der Waals surface area contributed by atoms with Crippen LogP contribution in [0.4, 0.5) is 0 Å². The number of sulfonamides is 1. The summed E-state index contributed by atoms with van der Waals surface area (Å²) in [5.41, 5.74) is 0. The lowest BCUT2D eigenvalue weighted by atomic mass is 10.1. The maximum Gasteiger partial charge on any atom is 0.252 e. The Balaban J connectivity index is 0.00000280. The summed E-state index contributed by atoms with van der Waals surface area (Å²) >= 11 is 1.23. The molecular formula is C17H29IN4O4S2. The Kier molecular flexibility index (Phi) is 9.41. The van der Waals surface area contributed by atoms with Crippen LogP contribution in [0.15, 0.2) is 26.7 Å². The van der Waals surface area contributed by atoms with Crippen molar-refractivity contribution in [3.05, 3.63) is 17.5 Å². The van der Waals surface area contributed by atoms with Crippen LogP contribution in [0.3, 0.4) is 0 Å². The van der Waals surface area contributed by atoms with Crippen LogP contribution in [0.5, 0.6) is 0 Å². The van der Waals surface area contributed by atoms with Crippen molar-refractivity contribution < 1.29 is 17.9 Å². The van der Waals surface area contributed by atoms with Crippen molar-refractivity contribution in [3.8, 4) is 0 Å². The summed E-state index contributed by atoms with van der Waals surface area (Å²) in [5, 5.41) is 5.04. The monoisotopic (exact) mass is 544 g/mol. The van der Waals surface area contributed by atoms with Gasteiger partial charge in [0.25, 0.3) is 10.0 Å². The van der Waals surface area contributed by atoms with Gasteiger partial charge in [0.2, 0.25) is 0 Å². The number of thiophene rings is 1. The minimum atomic E-state index is -3.42. The molecule has 0 amide bonds. The standard InChI is InChI=1S/C17H28N4O4S2.HI/c1-18-17(21-9-11-25-15(13-21)14-5-3-10-24-14)19-7-8-20(2)27(22,23)16-6-4-12-26-16;/h4,6,12,14-15H,3,5,7-11,13H2,1-2H3,(H,18,19);1H. The number of nitrogens with one attached hydrogen (secondary N) is 1. The van der Waals surface area contributed by atoms with Crippen LogP contribution in [0.1, 0.15) is 12.8 Å². The second-order valence-corrected chi connectivity index (χ2v) is 9.86. The zero-order valence-corrected chi connectivity index (χ0v) is 20.2. The molecule has 1 aromatic heterocycles. The molecule has 0 spiro atoms. The van der Waals surface area contributed by atoms with E-state index in [0.717, 1.165) is 38.5 Å². The third-order valence-electron chi connectivity index (χ3n) is 4.85. The number of likely N-dealkylation sites (N-methyl/N-ethyl adjacent to an activating group) is 1. The lowest BCUT2D eigenvalue weighted by molar-refractivity contribution is -0.0816. The van der Waals surface area contributed by atoms with Crippen LogP contribution < -0.4 is 5.32 Å². The molecule has 3 heterocycles. The van der Waals surface area contributed by atoms with E-state index in [9.17, 15) is 8.42 Å². The molecule has 1 aromatic rings. The minimum absolute atomic E-state index is 0. The SMILES string of the molecule is CN=C(NCCN(C)S(=O)(=O)c1cccs1)N1CCOC(C2CCCO2)C1.I. The van der Waals surface area contributed by atoms with Gasteiger partial charge < -0.3 is 19.7 Å². The van der Waals surface area contributed by atoms with Crippen LogP contribution in [0.2, 0.25) is 0 Å². The predicted octanol–water partition coefficient (Wildman–Crippen LogP) is 1.44. The third-order valence-corrected chi connectivity index (χ3v) is 8.08. The summed E-state index contributed by atoms with van der Waals surface area (Å²) in [4.78, 5) is 6.51. The topological polar surface area (TPSA) is 83.5 Å². The Hall–Kier alpha value is -0.470. The smallest absolute Gasteiger partial charge is 0.252 e. The van der Waals surface area contributed by atoms with Crippen molar-refractivity contribution in [1.29, 1.82) is 0 Å². The van der Waals surface area contributed by atoms with E-state index >= 15 is 0 Å². The maximum absolute atomic E-state index is 12.5. The number of rotatable bonds is 6. The fraction of sp³-hybridized carbons (Fsp3) is 0.706. The van der Waals surface area contributed by atoms with Gasteiger partial charge in [-0.3, -0.25) is 4.99 Å². The zero-order valence-electron chi connectivity index (χ0n) is 16.2. The molecule has 2 saturated heterocycles. The van der Waals surface area contributed by atoms with Crippen LogP contribution in [0, 0.1) is 0 Å². The fourth-order valence-electron chi connectivity index (χ4n) is 3.33. The Morgan fingerprint density at radius 3 is 2.82 bits per heavy atom. The fourth-order valence-corrected chi connectivity index (χ4v) is 5.70. The summed E-state index contributed by atoms with van der Waals surface area (Å²) in [6.45, 7) is 3.77. The molecule has 2 unspecified atom stereocenters. The molecular weight excluding hydrogens is 515 g/mol. The molecule has 1 N–H and O–H groups in total. The van der Waals surface area contributed by atoms with Crippen LogP contribution in [0.25, 0.3) is 0 Å². The summed E-state index contributed by atoms with van der Waals surface area (Å²) in [6, 6.07) is 3.37. The summed E-state index contributed by atoms with van der Waals surface area (Å²) < 4.78 is 38.3. The van der Waals surface area contributed by atoms with Crippen molar-refractivity contribution in [3.63, 3.8) is 0 Å². The van der Waals surface area contributed by atoms with Crippen molar-refractivity contribution in [2.45, 2.75) is 29.3 Å². The van der Waals surface area contributed by atoms with Gasteiger partial charge in [0.05, 0.1) is 12.7 Å². The molecule has 0 aromatic carbocycles. The number of nitrogens with zero attached hydrogens (tertiary/aromatic N) is 3. The Labute approximate surface area is 188 Å². The van der Waals surface area contributed by atoms with E-state index in [1.165, 1.54) is 15.6 Å². The van der Waals surface area contributed by atoms with Crippen LogP contribution in [-0.4, -0.2) is 89.3 Å². The van der Waals surface area contributed by atoms with E-state index in [4.69, 9.17) is 9.47 Å². The molecule has 28 heavy (non-hydrogen) atoms. The summed E-state index contributed by atoms with van der Waals surface area (Å²) in [5.74, 6) is 0.767. The molecule has 0 radical (unpaired) electrons. The number of ether oxygens (including phenoxy) is 2. The average molecular weight is 544 g/mol. The van der Waals surface area contributed by atoms with Crippen LogP contribution >= 0.6 is 35.3 Å². The van der Waals surface area contributed by atoms with Gasteiger partial charge in [0, 0.05) is 46.9 Å². The average Bonchev–Trinajstić information content (AvgIpc) is 3.39. The first-order chi connectivity index (χ1) is 13.0. The molecule has 2 fully saturated rings. The molecule has 0 saturated carbocycles. The Bertz CT molecular complexity index is 724. The van der Waals surface area contributed by atoms with E-state index in [1.54, 1.807) is 31.6 Å². The first-order valence-electron chi connectivity index (χ1n) is 9.21. The molecule has 0 aliphatic carbocycles. The number of guanidine groups is 1. The molecule has 2 aliphatic heterocycles. The highest BCUT2D eigenvalue weighted by molar-refractivity contribution is 14.0. The highest BCUT2D eigenvalue weighted by atomic mass is 127. The van der Waals surface area contributed by atoms with E-state index in [-0.39, 0.29) is 36.2 Å². The lowest BCUT2D eigenvalue weighted by Gasteiger charge is -2.37. The molecule has 11 heteroatoms. The van der Waals surface area contributed by atoms with Gasteiger partial charge in [-0.25, -0.2) is 8.42 Å². The van der Waals surface area contributed by atoms with Crippen molar-refractivity contribution in [2.75, 3.05) is 53.5 Å². The minimum Gasteiger partial charge on any atom is -0.375 e. The number of hydrogen-bond acceptors (Lipinski definition) is 6. The van der Waals surface area contributed by atoms with Gasteiger partial charge in [0.15, 0.2) is 5.96 Å². The maximum atomic E-state index is 12.5. The van der Waals surface area contributed by atoms with Crippen molar-refractivity contribution in [1.82, 2.24) is 14.5 Å². The number of morpholine rings is 1. The summed E-state index contributed by atoms with van der Waals surface area (Å²) in [7, 11) is -0.0832. The van der Waals surface area contributed by atoms with Crippen LogP contribution in [-0.2, 0) is 19.5 Å². The lowest BCUT2D eigenvalue weighted by Crippen LogP contribution is -2.54. The quantitative estimate of drug-likeness (QED) is 0.332. The Morgan fingerprint density at radius 1 is 1.39 bits per heavy atom.